The second kappa shape index (κ2) is 5.88. The molecule has 0 aliphatic rings. The summed E-state index contributed by atoms with van der Waals surface area (Å²) in [6.45, 7) is 15.8. The van der Waals surface area contributed by atoms with Gasteiger partial charge in [-0.2, -0.15) is 0 Å². The topological polar surface area (TPSA) is 3.24 Å². The van der Waals surface area contributed by atoms with Gasteiger partial charge in [0.25, 0.3) is 0 Å². The Morgan fingerprint density at radius 3 is 1.94 bits per heavy atom. The highest BCUT2D eigenvalue weighted by atomic mass is 15.1. The van der Waals surface area contributed by atoms with Crippen molar-refractivity contribution in [1.82, 2.24) is 4.90 Å². The van der Waals surface area contributed by atoms with Gasteiger partial charge in [-0.1, -0.05) is 39.8 Å². The lowest BCUT2D eigenvalue weighted by atomic mass is 9.83. The van der Waals surface area contributed by atoms with Crippen molar-refractivity contribution in [3.8, 4) is 0 Å². The molecule has 0 unspecified atom stereocenters. The van der Waals surface area contributed by atoms with E-state index in [-0.39, 0.29) is 5.41 Å². The summed E-state index contributed by atoms with van der Waals surface area (Å²) in [5.41, 5.74) is 6.12. The zero-order chi connectivity index (χ0) is 13.9. The molecule has 1 rings (SSSR count). The Hall–Kier alpha value is -0.820. The summed E-state index contributed by atoms with van der Waals surface area (Å²) in [4.78, 5) is 2.37. The molecule has 0 N–H and O–H groups in total. The highest BCUT2D eigenvalue weighted by Crippen LogP contribution is 2.27. The van der Waals surface area contributed by atoms with Crippen LogP contribution in [0, 0.1) is 13.8 Å². The lowest BCUT2D eigenvalue weighted by Crippen LogP contribution is -2.21. The second-order valence-corrected chi connectivity index (χ2v) is 6.48. The zero-order valence-electron chi connectivity index (χ0n) is 13.2. The van der Waals surface area contributed by atoms with Crippen LogP contribution in [-0.2, 0) is 11.8 Å². The van der Waals surface area contributed by atoms with Crippen LogP contribution in [0.3, 0.4) is 0 Å². The third kappa shape index (κ3) is 3.84. The molecule has 0 aliphatic carbocycles. The smallest absolute Gasteiger partial charge is 0.00189 e. The fourth-order valence-corrected chi connectivity index (χ4v) is 2.28. The van der Waals surface area contributed by atoms with Gasteiger partial charge in [0.15, 0.2) is 0 Å². The molecule has 0 fully saturated rings. The minimum Gasteiger partial charge on any atom is -0.306 e. The van der Waals surface area contributed by atoms with Crippen molar-refractivity contribution in [2.24, 2.45) is 0 Å². The summed E-state index contributed by atoms with van der Waals surface area (Å²) in [6.07, 6.45) is 1.16. The highest BCUT2D eigenvalue weighted by Gasteiger charge is 2.16. The predicted molar refractivity (Wildman–Crippen MR) is 81.5 cm³/mol. The average Bonchev–Trinajstić information content (AvgIpc) is 2.26. The van der Waals surface area contributed by atoms with Crippen molar-refractivity contribution in [3.63, 3.8) is 0 Å². The Labute approximate surface area is 113 Å². The van der Waals surface area contributed by atoms with E-state index in [1.165, 1.54) is 22.3 Å². The van der Waals surface area contributed by atoms with Crippen molar-refractivity contribution in [1.29, 1.82) is 0 Å². The van der Waals surface area contributed by atoms with Gasteiger partial charge in [-0.25, -0.2) is 0 Å². The Morgan fingerprint density at radius 1 is 1.06 bits per heavy atom. The minimum absolute atomic E-state index is 0.244. The first-order chi connectivity index (χ1) is 8.25. The van der Waals surface area contributed by atoms with Gasteiger partial charge in [-0.05, 0) is 61.5 Å². The lowest BCUT2D eigenvalue weighted by Gasteiger charge is -2.23. The molecule has 1 aromatic carbocycles. The first kappa shape index (κ1) is 15.2. The van der Waals surface area contributed by atoms with Crippen molar-refractivity contribution in [3.05, 3.63) is 34.4 Å². The highest BCUT2D eigenvalue weighted by molar-refractivity contribution is 5.40. The van der Waals surface area contributed by atoms with E-state index in [0.717, 1.165) is 19.5 Å². The number of nitrogens with zero attached hydrogens (tertiary/aromatic N) is 1. The van der Waals surface area contributed by atoms with Gasteiger partial charge in [0, 0.05) is 6.54 Å². The number of benzene rings is 1. The Morgan fingerprint density at radius 2 is 1.56 bits per heavy atom. The van der Waals surface area contributed by atoms with Crippen LogP contribution >= 0.6 is 0 Å². The van der Waals surface area contributed by atoms with Gasteiger partial charge < -0.3 is 4.90 Å². The Balaban J connectivity index is 2.95. The second-order valence-electron chi connectivity index (χ2n) is 6.48. The number of aryl methyl sites for hydroxylation is 2. The molecule has 0 bridgehead atoms. The van der Waals surface area contributed by atoms with Crippen LogP contribution in [0.1, 0.15) is 49.9 Å². The molecular weight excluding hydrogens is 218 g/mol. The molecule has 1 aromatic rings. The van der Waals surface area contributed by atoms with Crippen LogP contribution in [0.2, 0.25) is 0 Å². The van der Waals surface area contributed by atoms with E-state index in [9.17, 15) is 0 Å². The van der Waals surface area contributed by atoms with Crippen LogP contribution < -0.4 is 0 Å². The molecule has 0 atom stereocenters. The molecule has 0 saturated heterocycles. The normalized spacial score (nSPS) is 12.2. The molecule has 0 aromatic heterocycles. The molecule has 0 radical (unpaired) electrons. The number of hydrogen-bond acceptors (Lipinski definition) is 1. The summed E-state index contributed by atoms with van der Waals surface area (Å²) < 4.78 is 0. The SMILES string of the molecule is CCN(C)CCc1c(C)cc(C(C)(C)C)cc1C. The van der Waals surface area contributed by atoms with Crippen LogP contribution in [0.5, 0.6) is 0 Å². The van der Waals surface area contributed by atoms with Crippen LogP contribution in [0.4, 0.5) is 0 Å². The van der Waals surface area contributed by atoms with E-state index < -0.39 is 0 Å². The van der Waals surface area contributed by atoms with E-state index in [1.54, 1.807) is 0 Å². The molecule has 18 heavy (non-hydrogen) atoms. The van der Waals surface area contributed by atoms with Crippen molar-refractivity contribution < 1.29 is 0 Å². The van der Waals surface area contributed by atoms with Gasteiger partial charge in [0.05, 0.1) is 0 Å². The van der Waals surface area contributed by atoms with Crippen molar-refractivity contribution in [2.75, 3.05) is 20.1 Å². The molecule has 0 amide bonds. The maximum atomic E-state index is 2.37. The zero-order valence-corrected chi connectivity index (χ0v) is 13.2. The van der Waals surface area contributed by atoms with Crippen LogP contribution in [0.15, 0.2) is 12.1 Å². The molecule has 102 valence electrons. The van der Waals surface area contributed by atoms with Gasteiger partial charge in [-0.3, -0.25) is 0 Å². The summed E-state index contributed by atoms with van der Waals surface area (Å²) in [5.74, 6) is 0. The first-order valence-corrected chi connectivity index (χ1v) is 7.05. The summed E-state index contributed by atoms with van der Waals surface area (Å²) in [6, 6.07) is 4.74. The third-order valence-electron chi connectivity index (χ3n) is 3.85. The summed E-state index contributed by atoms with van der Waals surface area (Å²) in [5, 5.41) is 0. The van der Waals surface area contributed by atoms with Gasteiger partial charge in [0.2, 0.25) is 0 Å². The van der Waals surface area contributed by atoms with Crippen molar-refractivity contribution in [2.45, 2.75) is 53.4 Å². The standard InChI is InChI=1S/C17H29N/c1-8-18(7)10-9-16-13(2)11-15(12-14(16)3)17(4,5)6/h11-12H,8-10H2,1-7H3. The molecule has 0 spiro atoms. The minimum atomic E-state index is 0.244. The van der Waals surface area contributed by atoms with E-state index in [0.29, 0.717) is 0 Å². The lowest BCUT2D eigenvalue weighted by molar-refractivity contribution is 0.357. The molecule has 0 aliphatic heterocycles. The molecule has 1 heteroatoms. The van der Waals surface area contributed by atoms with Crippen LogP contribution in [0.25, 0.3) is 0 Å². The van der Waals surface area contributed by atoms with Gasteiger partial charge in [0.1, 0.15) is 0 Å². The predicted octanol–water partition coefficient (Wildman–Crippen LogP) is 4.10. The van der Waals surface area contributed by atoms with E-state index in [4.69, 9.17) is 0 Å². The fourth-order valence-electron chi connectivity index (χ4n) is 2.28. The van der Waals surface area contributed by atoms with E-state index in [2.05, 4.69) is 65.6 Å². The number of rotatable bonds is 4. The fraction of sp³-hybridized carbons (Fsp3) is 0.647. The Kier molecular flexibility index (Phi) is 4.98. The first-order valence-electron chi connectivity index (χ1n) is 7.05. The largest absolute Gasteiger partial charge is 0.306 e. The average molecular weight is 247 g/mol. The van der Waals surface area contributed by atoms with E-state index >= 15 is 0 Å². The maximum Gasteiger partial charge on any atom is 0.00189 e. The number of likely N-dealkylation sites (N-methyl/N-ethyl adjacent to an activating group) is 1. The molecule has 1 nitrogen and oxygen atoms in total. The summed E-state index contributed by atoms with van der Waals surface area (Å²) >= 11 is 0. The molecule has 0 saturated carbocycles. The Bertz CT molecular complexity index is 376. The third-order valence-corrected chi connectivity index (χ3v) is 3.85. The van der Waals surface area contributed by atoms with Gasteiger partial charge in [-0.15, -0.1) is 0 Å². The summed E-state index contributed by atoms with van der Waals surface area (Å²) in [7, 11) is 2.19. The quantitative estimate of drug-likeness (QED) is 0.774. The molecular formula is C17H29N. The molecule has 0 heterocycles. The van der Waals surface area contributed by atoms with Crippen molar-refractivity contribution >= 4 is 0 Å². The monoisotopic (exact) mass is 247 g/mol. The van der Waals surface area contributed by atoms with Crippen LogP contribution in [-0.4, -0.2) is 25.0 Å². The van der Waals surface area contributed by atoms with Gasteiger partial charge >= 0.3 is 0 Å². The van der Waals surface area contributed by atoms with E-state index in [1.807, 2.05) is 0 Å². The number of hydrogen-bond donors (Lipinski definition) is 0. The maximum absolute atomic E-state index is 2.37.